The van der Waals surface area contributed by atoms with Gasteiger partial charge in [0.2, 0.25) is 5.91 Å². The molecule has 4 aromatic carbocycles. The predicted molar refractivity (Wildman–Crippen MR) is 169 cm³/mol. The maximum Gasteiger partial charge on any atom is 0.276 e. The molecule has 44 heavy (non-hydrogen) atoms. The fraction of sp³-hybridized carbons (Fsp3) is 0.0938. The van der Waals surface area contributed by atoms with Gasteiger partial charge >= 0.3 is 0 Å². The highest BCUT2D eigenvalue weighted by molar-refractivity contribution is 8.00. The van der Waals surface area contributed by atoms with Crippen molar-refractivity contribution in [3.8, 4) is 11.5 Å². The van der Waals surface area contributed by atoms with E-state index in [1.807, 2.05) is 0 Å². The Morgan fingerprint density at radius 1 is 0.864 bits per heavy atom. The molecule has 0 aliphatic rings. The van der Waals surface area contributed by atoms with Crippen molar-refractivity contribution in [1.29, 1.82) is 0 Å². The largest absolute Gasteiger partial charge is 0.497 e. The molecule has 0 saturated carbocycles. The second kappa shape index (κ2) is 15.0. The predicted octanol–water partition coefficient (Wildman–Crippen LogP) is 5.75. The summed E-state index contributed by atoms with van der Waals surface area (Å²) < 4.78 is 10.5. The lowest BCUT2D eigenvalue weighted by atomic mass is 10.1. The Morgan fingerprint density at radius 2 is 1.61 bits per heavy atom. The molecule has 0 spiro atoms. The van der Waals surface area contributed by atoms with Crippen LogP contribution in [0, 0.1) is 10.1 Å². The van der Waals surface area contributed by atoms with Crippen LogP contribution in [0.3, 0.4) is 0 Å². The Balaban J connectivity index is 1.48. The number of rotatable bonds is 12. The topological polar surface area (TPSA) is 149 Å². The van der Waals surface area contributed by atoms with Gasteiger partial charge in [-0.05, 0) is 54.6 Å². The van der Waals surface area contributed by atoms with Crippen molar-refractivity contribution in [3.05, 3.63) is 124 Å². The van der Waals surface area contributed by atoms with Crippen molar-refractivity contribution in [2.45, 2.75) is 4.90 Å². The second-order valence-corrected chi connectivity index (χ2v) is 10.1. The Labute approximate surface area is 257 Å². The molecular formula is C32H28N4O7S. The summed E-state index contributed by atoms with van der Waals surface area (Å²) in [5, 5.41) is 19.7. The van der Waals surface area contributed by atoms with Crippen LogP contribution in [0.5, 0.6) is 11.5 Å². The molecule has 12 heteroatoms. The summed E-state index contributed by atoms with van der Waals surface area (Å²) in [5.74, 6) is -0.411. The minimum atomic E-state index is -0.695. The zero-order chi connectivity index (χ0) is 31.5. The lowest BCUT2D eigenvalue weighted by molar-refractivity contribution is -0.385. The van der Waals surface area contributed by atoms with E-state index >= 15 is 0 Å². The van der Waals surface area contributed by atoms with Crippen molar-refractivity contribution in [1.82, 2.24) is 5.32 Å². The first-order valence-electron chi connectivity index (χ1n) is 13.1. The third kappa shape index (κ3) is 8.46. The van der Waals surface area contributed by atoms with Gasteiger partial charge in [-0.25, -0.2) is 0 Å². The molecule has 11 nitrogen and oxygen atoms in total. The molecule has 3 N–H and O–H groups in total. The van der Waals surface area contributed by atoms with Gasteiger partial charge in [0.05, 0.1) is 36.1 Å². The molecule has 3 amide bonds. The van der Waals surface area contributed by atoms with Crippen molar-refractivity contribution in [3.63, 3.8) is 0 Å². The van der Waals surface area contributed by atoms with E-state index in [9.17, 15) is 24.5 Å². The number of methoxy groups -OCH3 is 2. The number of para-hydroxylation sites is 1. The van der Waals surface area contributed by atoms with Crippen LogP contribution in [-0.4, -0.2) is 42.6 Å². The fourth-order valence-electron chi connectivity index (χ4n) is 3.97. The highest BCUT2D eigenvalue weighted by Gasteiger charge is 2.19. The summed E-state index contributed by atoms with van der Waals surface area (Å²) in [6.07, 6.45) is 1.25. The van der Waals surface area contributed by atoms with Gasteiger partial charge in [-0.2, -0.15) is 0 Å². The van der Waals surface area contributed by atoms with Crippen LogP contribution in [0.15, 0.2) is 108 Å². The van der Waals surface area contributed by atoms with Crippen LogP contribution in [0.1, 0.15) is 15.9 Å². The number of ether oxygens (including phenoxy) is 2. The van der Waals surface area contributed by atoms with E-state index in [2.05, 4.69) is 16.0 Å². The first-order chi connectivity index (χ1) is 21.3. The Hall–Kier alpha value is -5.62. The molecule has 0 aromatic heterocycles. The molecule has 0 heterocycles. The number of nitro benzene ring substituents is 1. The van der Waals surface area contributed by atoms with Crippen LogP contribution in [-0.2, 0) is 9.59 Å². The van der Waals surface area contributed by atoms with E-state index < -0.39 is 16.7 Å². The second-order valence-electron chi connectivity index (χ2n) is 9.08. The van der Waals surface area contributed by atoms with Crippen molar-refractivity contribution in [2.75, 3.05) is 30.6 Å². The van der Waals surface area contributed by atoms with E-state index in [0.717, 1.165) is 0 Å². The quantitative estimate of drug-likeness (QED) is 0.0792. The standard InChI is InChI=1S/C32H28N4O7S/c1-42-24-15-16-26(29(19-24)43-2)34-30(37)20-44-25-13-8-12-23(18-25)33-32(39)27(35-31(38)21-9-4-3-5-10-21)17-22-11-6-7-14-28(22)36(40)41/h3-19H,20H2,1-2H3,(H,33,39)(H,34,37)(H,35,38)/b27-17+. The third-order valence-electron chi connectivity index (χ3n) is 6.11. The summed E-state index contributed by atoms with van der Waals surface area (Å²) in [6.45, 7) is 0. The lowest BCUT2D eigenvalue weighted by Crippen LogP contribution is -2.30. The van der Waals surface area contributed by atoms with E-state index in [0.29, 0.717) is 33.3 Å². The van der Waals surface area contributed by atoms with Crippen LogP contribution >= 0.6 is 11.8 Å². The molecule has 0 aliphatic heterocycles. The fourth-order valence-corrected chi connectivity index (χ4v) is 4.73. The number of carbonyl (C=O) groups is 3. The van der Waals surface area contributed by atoms with Crippen LogP contribution in [0.4, 0.5) is 17.1 Å². The first-order valence-corrected chi connectivity index (χ1v) is 14.1. The number of hydrogen-bond acceptors (Lipinski definition) is 8. The van der Waals surface area contributed by atoms with Crippen LogP contribution < -0.4 is 25.4 Å². The van der Waals surface area contributed by atoms with Crippen LogP contribution in [0.2, 0.25) is 0 Å². The van der Waals surface area contributed by atoms with Gasteiger partial charge < -0.3 is 25.4 Å². The number of nitrogens with zero attached hydrogens (tertiary/aromatic N) is 1. The van der Waals surface area contributed by atoms with Crippen LogP contribution in [0.25, 0.3) is 6.08 Å². The molecule has 4 aromatic rings. The number of amides is 3. The summed E-state index contributed by atoms with van der Waals surface area (Å²) in [4.78, 5) is 50.6. The highest BCUT2D eigenvalue weighted by atomic mass is 32.2. The van der Waals surface area contributed by atoms with Gasteiger partial charge in [0, 0.05) is 28.3 Å². The molecule has 0 fully saturated rings. The van der Waals surface area contributed by atoms with E-state index in [1.54, 1.807) is 78.9 Å². The van der Waals surface area contributed by atoms with E-state index in [1.165, 1.54) is 50.3 Å². The number of hydrogen-bond donors (Lipinski definition) is 3. The number of benzene rings is 4. The zero-order valence-electron chi connectivity index (χ0n) is 23.7. The first kappa shape index (κ1) is 31.3. The molecule has 0 bridgehead atoms. The summed E-state index contributed by atoms with van der Waals surface area (Å²) in [7, 11) is 3.03. The average molecular weight is 613 g/mol. The summed E-state index contributed by atoms with van der Waals surface area (Å²) in [6, 6.07) is 26.0. The number of nitro groups is 1. The monoisotopic (exact) mass is 612 g/mol. The number of nitrogens with one attached hydrogen (secondary N) is 3. The van der Waals surface area contributed by atoms with Gasteiger partial charge in [-0.3, -0.25) is 24.5 Å². The smallest absolute Gasteiger partial charge is 0.276 e. The molecule has 0 radical (unpaired) electrons. The van der Waals surface area contributed by atoms with E-state index in [-0.39, 0.29) is 28.6 Å². The normalized spacial score (nSPS) is 10.8. The van der Waals surface area contributed by atoms with Gasteiger partial charge in [0.1, 0.15) is 17.2 Å². The number of anilines is 2. The van der Waals surface area contributed by atoms with Gasteiger partial charge in [0.15, 0.2) is 0 Å². The van der Waals surface area contributed by atoms with Gasteiger partial charge in [-0.1, -0.05) is 36.4 Å². The molecule has 0 unspecified atom stereocenters. The minimum absolute atomic E-state index is 0.0720. The van der Waals surface area contributed by atoms with Gasteiger partial charge in [0.25, 0.3) is 17.5 Å². The van der Waals surface area contributed by atoms with Crippen molar-refractivity contribution >= 4 is 52.6 Å². The number of carbonyl (C=O) groups excluding carboxylic acids is 3. The molecule has 224 valence electrons. The minimum Gasteiger partial charge on any atom is -0.497 e. The Morgan fingerprint density at radius 3 is 2.34 bits per heavy atom. The molecule has 4 rings (SSSR count). The molecule has 0 saturated heterocycles. The van der Waals surface area contributed by atoms with Crippen molar-refractivity contribution < 1.29 is 28.8 Å². The van der Waals surface area contributed by atoms with Gasteiger partial charge in [-0.15, -0.1) is 11.8 Å². The number of thioether (sulfide) groups is 1. The Kier molecular flexibility index (Phi) is 10.7. The highest BCUT2D eigenvalue weighted by Crippen LogP contribution is 2.30. The summed E-state index contributed by atoms with van der Waals surface area (Å²) in [5.41, 5.74) is 0.905. The van der Waals surface area contributed by atoms with Crippen molar-refractivity contribution in [2.24, 2.45) is 0 Å². The maximum atomic E-state index is 13.4. The maximum absolute atomic E-state index is 13.4. The summed E-state index contributed by atoms with van der Waals surface area (Å²) >= 11 is 1.25. The zero-order valence-corrected chi connectivity index (χ0v) is 24.6. The molecular weight excluding hydrogens is 584 g/mol. The lowest BCUT2D eigenvalue weighted by Gasteiger charge is -2.13. The SMILES string of the molecule is COc1ccc(NC(=O)CSc2cccc(NC(=O)/C(=C\c3ccccc3[N+](=O)[O-])NC(=O)c3ccccc3)c2)c(OC)c1. The molecule has 0 aliphatic carbocycles. The average Bonchev–Trinajstić information content (AvgIpc) is 3.04. The Bertz CT molecular complexity index is 1710. The third-order valence-corrected chi connectivity index (χ3v) is 7.10. The molecule has 0 atom stereocenters. The van der Waals surface area contributed by atoms with E-state index in [4.69, 9.17) is 9.47 Å².